The van der Waals surface area contributed by atoms with Crippen molar-refractivity contribution in [3.8, 4) is 0 Å². The fraction of sp³-hybridized carbons (Fsp3) is 0.625. The summed E-state index contributed by atoms with van der Waals surface area (Å²) in [5, 5.41) is 11.5. The van der Waals surface area contributed by atoms with Crippen molar-refractivity contribution < 1.29 is 4.79 Å². The molecule has 0 aromatic carbocycles. The van der Waals surface area contributed by atoms with Crippen LogP contribution in [0.25, 0.3) is 0 Å². The molecular formula is C16H24N6O. The molecule has 7 heteroatoms. The number of hydrogen-bond donors (Lipinski definition) is 1. The van der Waals surface area contributed by atoms with Gasteiger partial charge in [0.2, 0.25) is 5.91 Å². The predicted octanol–water partition coefficient (Wildman–Crippen LogP) is 1.96. The van der Waals surface area contributed by atoms with Gasteiger partial charge in [0.25, 0.3) is 0 Å². The summed E-state index contributed by atoms with van der Waals surface area (Å²) in [4.78, 5) is 19.3. The van der Waals surface area contributed by atoms with E-state index in [1.807, 2.05) is 18.0 Å². The number of rotatable bonds is 4. The molecular weight excluding hydrogens is 292 g/mol. The van der Waals surface area contributed by atoms with Crippen molar-refractivity contribution in [2.75, 3.05) is 6.54 Å². The number of hydrogen-bond acceptors (Lipinski definition) is 4. The Kier molecular flexibility index (Phi) is 4.45. The third-order valence-electron chi connectivity index (χ3n) is 4.43. The quantitative estimate of drug-likeness (QED) is 0.935. The number of aryl methyl sites for hydroxylation is 1. The molecule has 3 heterocycles. The third kappa shape index (κ3) is 3.28. The van der Waals surface area contributed by atoms with Crippen LogP contribution in [0, 0.1) is 0 Å². The van der Waals surface area contributed by atoms with Gasteiger partial charge in [-0.05, 0) is 25.3 Å². The molecule has 2 aromatic rings. The minimum Gasteiger partial charge on any atom is -0.332 e. The molecule has 1 fully saturated rings. The van der Waals surface area contributed by atoms with Crippen LogP contribution in [-0.2, 0) is 18.3 Å². The van der Waals surface area contributed by atoms with Gasteiger partial charge in [-0.3, -0.25) is 14.6 Å². The molecule has 1 amide bonds. The van der Waals surface area contributed by atoms with Gasteiger partial charge < -0.3 is 4.90 Å². The van der Waals surface area contributed by atoms with Crippen molar-refractivity contribution in [1.29, 1.82) is 0 Å². The van der Waals surface area contributed by atoms with E-state index in [1.165, 1.54) is 0 Å². The number of carbonyl (C=O) groups excluding carboxylic acids is 1. The number of aromatic nitrogens is 5. The molecule has 0 saturated carbocycles. The van der Waals surface area contributed by atoms with Gasteiger partial charge in [-0.1, -0.05) is 13.8 Å². The molecule has 1 aliphatic rings. The van der Waals surface area contributed by atoms with Crippen LogP contribution in [0.3, 0.4) is 0 Å². The van der Waals surface area contributed by atoms with Gasteiger partial charge in [0, 0.05) is 31.4 Å². The summed E-state index contributed by atoms with van der Waals surface area (Å²) in [6, 6.07) is 1.90. The van der Waals surface area contributed by atoms with E-state index in [9.17, 15) is 4.79 Å². The Labute approximate surface area is 136 Å². The molecule has 0 unspecified atom stereocenters. The first-order chi connectivity index (χ1) is 11.1. The van der Waals surface area contributed by atoms with Crippen LogP contribution in [0.5, 0.6) is 0 Å². The fourth-order valence-corrected chi connectivity index (χ4v) is 3.04. The highest BCUT2D eigenvalue weighted by molar-refractivity contribution is 5.78. The lowest BCUT2D eigenvalue weighted by molar-refractivity contribution is -0.134. The Bertz CT molecular complexity index is 674. The highest BCUT2D eigenvalue weighted by Crippen LogP contribution is 2.30. The van der Waals surface area contributed by atoms with E-state index in [1.54, 1.807) is 10.9 Å². The van der Waals surface area contributed by atoms with E-state index in [-0.39, 0.29) is 17.9 Å². The maximum absolute atomic E-state index is 12.8. The van der Waals surface area contributed by atoms with E-state index < -0.39 is 0 Å². The number of aromatic amines is 1. The monoisotopic (exact) mass is 316 g/mol. The van der Waals surface area contributed by atoms with Gasteiger partial charge in [0.15, 0.2) is 5.82 Å². The van der Waals surface area contributed by atoms with Gasteiger partial charge in [-0.15, -0.1) is 0 Å². The molecule has 3 rings (SSSR count). The topological polar surface area (TPSA) is 79.7 Å². The lowest BCUT2D eigenvalue weighted by Gasteiger charge is -2.34. The van der Waals surface area contributed by atoms with E-state index in [0.29, 0.717) is 6.42 Å². The van der Waals surface area contributed by atoms with Crippen molar-refractivity contribution in [3.63, 3.8) is 0 Å². The maximum Gasteiger partial charge on any atom is 0.229 e. The Hall–Kier alpha value is -2.18. The highest BCUT2D eigenvalue weighted by atomic mass is 16.2. The average Bonchev–Trinajstić information content (AvgIpc) is 3.17. The number of nitrogens with zero attached hydrogens (tertiary/aromatic N) is 5. The minimum absolute atomic E-state index is 0.00415. The van der Waals surface area contributed by atoms with Crippen molar-refractivity contribution in [1.82, 2.24) is 29.9 Å². The first-order valence-corrected chi connectivity index (χ1v) is 8.25. The molecule has 124 valence electrons. The van der Waals surface area contributed by atoms with Gasteiger partial charge in [0.1, 0.15) is 5.82 Å². The smallest absolute Gasteiger partial charge is 0.229 e. The SMILES string of the molecule is CC(C)c1n[nH]c([C@H]2CCCCN2C(=O)Cc2ccnn2C)n1. The Morgan fingerprint density at radius 2 is 2.26 bits per heavy atom. The summed E-state index contributed by atoms with van der Waals surface area (Å²) in [6.07, 6.45) is 5.18. The molecule has 1 N–H and O–H groups in total. The van der Waals surface area contributed by atoms with Gasteiger partial charge in [0.05, 0.1) is 12.5 Å². The van der Waals surface area contributed by atoms with Crippen LogP contribution in [0.4, 0.5) is 0 Å². The van der Waals surface area contributed by atoms with Gasteiger partial charge >= 0.3 is 0 Å². The van der Waals surface area contributed by atoms with Gasteiger partial charge in [-0.2, -0.15) is 10.2 Å². The van der Waals surface area contributed by atoms with E-state index in [0.717, 1.165) is 43.1 Å². The summed E-state index contributed by atoms with van der Waals surface area (Å²) < 4.78 is 1.75. The summed E-state index contributed by atoms with van der Waals surface area (Å²) in [6.45, 7) is 4.91. The van der Waals surface area contributed by atoms with Crippen LogP contribution < -0.4 is 0 Å². The maximum atomic E-state index is 12.8. The molecule has 0 spiro atoms. The second-order valence-corrected chi connectivity index (χ2v) is 6.46. The average molecular weight is 316 g/mol. The molecule has 7 nitrogen and oxygen atoms in total. The van der Waals surface area contributed by atoms with Crippen molar-refractivity contribution in [2.45, 2.75) is 51.5 Å². The van der Waals surface area contributed by atoms with E-state index in [4.69, 9.17) is 0 Å². The molecule has 23 heavy (non-hydrogen) atoms. The van der Waals surface area contributed by atoms with E-state index >= 15 is 0 Å². The zero-order valence-electron chi connectivity index (χ0n) is 14.0. The van der Waals surface area contributed by atoms with Gasteiger partial charge in [-0.25, -0.2) is 4.98 Å². The van der Waals surface area contributed by atoms with Crippen LogP contribution in [0.2, 0.25) is 0 Å². The first kappa shape index (κ1) is 15.7. The van der Waals surface area contributed by atoms with E-state index in [2.05, 4.69) is 34.1 Å². The predicted molar refractivity (Wildman–Crippen MR) is 85.7 cm³/mol. The minimum atomic E-state index is 0.00415. The van der Waals surface area contributed by atoms with Crippen molar-refractivity contribution in [2.24, 2.45) is 7.05 Å². The number of likely N-dealkylation sites (tertiary alicyclic amines) is 1. The first-order valence-electron chi connectivity index (χ1n) is 8.25. The summed E-state index contributed by atoms with van der Waals surface area (Å²) in [5.41, 5.74) is 0.930. The van der Waals surface area contributed by atoms with Crippen molar-refractivity contribution >= 4 is 5.91 Å². The summed E-state index contributed by atoms with van der Waals surface area (Å²) in [7, 11) is 1.86. The second-order valence-electron chi connectivity index (χ2n) is 6.46. The lowest BCUT2D eigenvalue weighted by Crippen LogP contribution is -2.40. The van der Waals surface area contributed by atoms with Crippen LogP contribution in [0.15, 0.2) is 12.3 Å². The molecule has 1 atom stereocenters. The number of carbonyl (C=O) groups is 1. The van der Waals surface area contributed by atoms with Crippen LogP contribution in [-0.4, -0.2) is 42.3 Å². The van der Waals surface area contributed by atoms with Crippen LogP contribution in [0.1, 0.15) is 62.4 Å². The Balaban J connectivity index is 1.77. The number of amides is 1. The second kappa shape index (κ2) is 6.52. The fourth-order valence-electron chi connectivity index (χ4n) is 3.04. The number of piperidine rings is 1. The zero-order valence-corrected chi connectivity index (χ0v) is 14.0. The van der Waals surface area contributed by atoms with Crippen molar-refractivity contribution in [3.05, 3.63) is 29.6 Å². The lowest BCUT2D eigenvalue weighted by atomic mass is 10.0. The molecule has 1 aliphatic heterocycles. The largest absolute Gasteiger partial charge is 0.332 e. The zero-order chi connectivity index (χ0) is 16.4. The summed E-state index contributed by atoms with van der Waals surface area (Å²) in [5.74, 6) is 2.03. The summed E-state index contributed by atoms with van der Waals surface area (Å²) >= 11 is 0. The number of H-pyrrole nitrogens is 1. The van der Waals surface area contributed by atoms with Crippen LogP contribution >= 0.6 is 0 Å². The Morgan fingerprint density at radius 3 is 2.91 bits per heavy atom. The normalized spacial score (nSPS) is 18.6. The standard InChI is InChI=1S/C16H24N6O/c1-11(2)15-18-16(20-19-15)13-6-4-5-9-22(13)14(23)10-12-7-8-17-21(12)3/h7-8,11,13H,4-6,9-10H2,1-3H3,(H,18,19,20)/t13-/m1/s1. The highest BCUT2D eigenvalue weighted by Gasteiger charge is 2.30. The number of nitrogens with one attached hydrogen (secondary N) is 1. The molecule has 0 bridgehead atoms. The molecule has 0 radical (unpaired) electrons. The third-order valence-corrected chi connectivity index (χ3v) is 4.43. The molecule has 2 aromatic heterocycles. The Morgan fingerprint density at radius 1 is 1.43 bits per heavy atom. The molecule has 0 aliphatic carbocycles. The molecule has 1 saturated heterocycles.